The molecular weight excluding hydrogens is 268 g/mol. The van der Waals surface area contributed by atoms with E-state index in [1.54, 1.807) is 18.2 Å². The average Bonchev–Trinajstić information content (AvgIpc) is 2.41. The zero-order valence-electron chi connectivity index (χ0n) is 12.6. The number of nitrogens with zero attached hydrogens (tertiary/aromatic N) is 2. The highest BCUT2D eigenvalue weighted by molar-refractivity contribution is 5.94. The monoisotopic (exact) mass is 290 g/mol. The van der Waals surface area contributed by atoms with Crippen LogP contribution in [0.15, 0.2) is 24.3 Å². The molecule has 0 aliphatic carbocycles. The number of rotatable bonds is 4. The number of hydrogen-bond donors (Lipinski definition) is 2. The normalized spacial score (nSPS) is 16.5. The first-order valence-electron chi connectivity index (χ1n) is 7.11. The molecule has 1 aliphatic rings. The zero-order valence-corrected chi connectivity index (χ0v) is 12.6. The van der Waals surface area contributed by atoms with Gasteiger partial charge in [-0.25, -0.2) is 0 Å². The van der Waals surface area contributed by atoms with E-state index in [1.165, 1.54) is 6.92 Å². The second-order valence-electron chi connectivity index (χ2n) is 5.39. The predicted molar refractivity (Wildman–Crippen MR) is 83.3 cm³/mol. The summed E-state index contributed by atoms with van der Waals surface area (Å²) in [6.45, 7) is 5.67. The van der Waals surface area contributed by atoms with Crippen molar-refractivity contribution in [3.63, 3.8) is 0 Å². The molecule has 114 valence electrons. The Morgan fingerprint density at radius 3 is 2.33 bits per heavy atom. The van der Waals surface area contributed by atoms with Gasteiger partial charge in [0.2, 0.25) is 11.8 Å². The van der Waals surface area contributed by atoms with Crippen molar-refractivity contribution >= 4 is 23.2 Å². The second-order valence-corrected chi connectivity index (χ2v) is 5.39. The van der Waals surface area contributed by atoms with E-state index < -0.39 is 0 Å². The Hall–Kier alpha value is -1.92. The van der Waals surface area contributed by atoms with Gasteiger partial charge in [0.15, 0.2) is 0 Å². The number of hydrogen-bond acceptors (Lipinski definition) is 4. The van der Waals surface area contributed by atoms with Crippen LogP contribution in [0.25, 0.3) is 0 Å². The maximum atomic E-state index is 12.0. The maximum absolute atomic E-state index is 12.0. The number of piperazine rings is 1. The molecular formula is C15H22N4O2. The first-order chi connectivity index (χ1) is 10.0. The van der Waals surface area contributed by atoms with Gasteiger partial charge in [0, 0.05) is 44.5 Å². The second kappa shape index (κ2) is 7.19. The summed E-state index contributed by atoms with van der Waals surface area (Å²) in [5.41, 5.74) is 1.38. The Balaban J connectivity index is 1.86. The fourth-order valence-electron chi connectivity index (χ4n) is 2.29. The lowest BCUT2D eigenvalue weighted by molar-refractivity contribution is -0.117. The van der Waals surface area contributed by atoms with Crippen molar-refractivity contribution in [1.29, 1.82) is 0 Å². The minimum absolute atomic E-state index is 0.0282. The first kappa shape index (κ1) is 15.5. The molecule has 6 nitrogen and oxygen atoms in total. The number of anilines is 2. The summed E-state index contributed by atoms with van der Waals surface area (Å²) >= 11 is 0. The quantitative estimate of drug-likeness (QED) is 0.862. The molecule has 1 fully saturated rings. The van der Waals surface area contributed by atoms with Crippen molar-refractivity contribution in [2.75, 3.05) is 50.4 Å². The Kier molecular flexibility index (Phi) is 5.30. The van der Waals surface area contributed by atoms with E-state index in [-0.39, 0.29) is 11.8 Å². The number of carbonyl (C=O) groups excluding carboxylic acids is 2. The summed E-state index contributed by atoms with van der Waals surface area (Å²) in [5.74, 6) is -0.157. The highest BCUT2D eigenvalue weighted by Crippen LogP contribution is 2.15. The van der Waals surface area contributed by atoms with Crippen LogP contribution in [0.5, 0.6) is 0 Å². The van der Waals surface area contributed by atoms with Gasteiger partial charge in [-0.2, -0.15) is 0 Å². The summed E-state index contributed by atoms with van der Waals surface area (Å²) in [5, 5.41) is 5.57. The Bertz CT molecular complexity index is 510. The van der Waals surface area contributed by atoms with Crippen molar-refractivity contribution in [3.05, 3.63) is 24.3 Å². The van der Waals surface area contributed by atoms with Gasteiger partial charge in [-0.3, -0.25) is 14.5 Å². The van der Waals surface area contributed by atoms with E-state index in [9.17, 15) is 9.59 Å². The van der Waals surface area contributed by atoms with Crippen LogP contribution >= 0.6 is 0 Å². The number of amides is 2. The molecule has 1 aromatic carbocycles. The van der Waals surface area contributed by atoms with Crippen LogP contribution in [0.2, 0.25) is 0 Å². The Morgan fingerprint density at radius 1 is 1.10 bits per heavy atom. The summed E-state index contributed by atoms with van der Waals surface area (Å²) in [4.78, 5) is 27.5. The smallest absolute Gasteiger partial charge is 0.238 e. The Labute approximate surface area is 125 Å². The van der Waals surface area contributed by atoms with Crippen LogP contribution in [0.1, 0.15) is 6.92 Å². The molecule has 1 heterocycles. The van der Waals surface area contributed by atoms with Crippen LogP contribution in [-0.4, -0.2) is 61.4 Å². The molecule has 0 unspecified atom stereocenters. The van der Waals surface area contributed by atoms with E-state index in [4.69, 9.17) is 0 Å². The molecule has 0 atom stereocenters. The van der Waals surface area contributed by atoms with Crippen LogP contribution in [-0.2, 0) is 9.59 Å². The van der Waals surface area contributed by atoms with Crippen molar-refractivity contribution in [1.82, 2.24) is 9.80 Å². The summed E-state index contributed by atoms with van der Waals surface area (Å²) in [6, 6.07) is 7.16. The Morgan fingerprint density at radius 2 is 1.71 bits per heavy atom. The highest BCUT2D eigenvalue weighted by Gasteiger charge is 2.16. The standard InChI is InChI=1S/C15H22N4O2/c1-12(20)16-13-4-3-5-14(10-13)17-15(21)11-19-8-6-18(2)7-9-19/h3-5,10H,6-9,11H2,1-2H3,(H,16,20)(H,17,21). The summed E-state index contributed by atoms with van der Waals surface area (Å²) in [6.07, 6.45) is 0. The van der Waals surface area contributed by atoms with Gasteiger partial charge in [-0.15, -0.1) is 0 Å². The van der Waals surface area contributed by atoms with Crippen molar-refractivity contribution in [2.24, 2.45) is 0 Å². The molecule has 2 N–H and O–H groups in total. The van der Waals surface area contributed by atoms with Crippen LogP contribution in [0, 0.1) is 0 Å². The zero-order chi connectivity index (χ0) is 15.2. The van der Waals surface area contributed by atoms with Gasteiger partial charge in [0.1, 0.15) is 0 Å². The van der Waals surface area contributed by atoms with Crippen LogP contribution < -0.4 is 10.6 Å². The van der Waals surface area contributed by atoms with E-state index in [1.807, 2.05) is 6.07 Å². The number of likely N-dealkylation sites (N-methyl/N-ethyl adjacent to an activating group) is 1. The number of carbonyl (C=O) groups is 2. The van der Waals surface area contributed by atoms with Gasteiger partial charge in [0.05, 0.1) is 6.54 Å². The third kappa shape index (κ3) is 5.17. The molecule has 0 spiro atoms. The lowest BCUT2D eigenvalue weighted by Crippen LogP contribution is -2.47. The van der Waals surface area contributed by atoms with Gasteiger partial charge < -0.3 is 15.5 Å². The average molecular weight is 290 g/mol. The minimum atomic E-state index is -0.129. The lowest BCUT2D eigenvalue weighted by atomic mass is 10.2. The van der Waals surface area contributed by atoms with Gasteiger partial charge in [-0.1, -0.05) is 6.07 Å². The van der Waals surface area contributed by atoms with Crippen LogP contribution in [0.4, 0.5) is 11.4 Å². The molecule has 2 rings (SSSR count). The molecule has 0 saturated carbocycles. The highest BCUT2D eigenvalue weighted by atomic mass is 16.2. The summed E-state index contributed by atoms with van der Waals surface area (Å²) in [7, 11) is 2.09. The van der Waals surface area contributed by atoms with E-state index in [2.05, 4.69) is 27.5 Å². The number of nitrogens with one attached hydrogen (secondary N) is 2. The SMILES string of the molecule is CC(=O)Nc1cccc(NC(=O)CN2CCN(C)CC2)c1. The molecule has 1 aliphatic heterocycles. The van der Waals surface area contributed by atoms with Crippen molar-refractivity contribution in [3.8, 4) is 0 Å². The van der Waals surface area contributed by atoms with Crippen LogP contribution in [0.3, 0.4) is 0 Å². The van der Waals surface area contributed by atoms with Gasteiger partial charge >= 0.3 is 0 Å². The molecule has 6 heteroatoms. The third-order valence-electron chi connectivity index (χ3n) is 3.43. The predicted octanol–water partition coefficient (Wildman–Crippen LogP) is 0.831. The van der Waals surface area contributed by atoms with Gasteiger partial charge in [0.25, 0.3) is 0 Å². The van der Waals surface area contributed by atoms with E-state index >= 15 is 0 Å². The van der Waals surface area contributed by atoms with Gasteiger partial charge in [-0.05, 0) is 25.2 Å². The van der Waals surface area contributed by atoms with Crippen molar-refractivity contribution < 1.29 is 9.59 Å². The minimum Gasteiger partial charge on any atom is -0.326 e. The van der Waals surface area contributed by atoms with E-state index in [0.717, 1.165) is 26.2 Å². The fraction of sp³-hybridized carbons (Fsp3) is 0.467. The molecule has 0 radical (unpaired) electrons. The topological polar surface area (TPSA) is 64.7 Å². The lowest BCUT2D eigenvalue weighted by Gasteiger charge is -2.31. The summed E-state index contributed by atoms with van der Waals surface area (Å²) < 4.78 is 0. The maximum Gasteiger partial charge on any atom is 0.238 e. The van der Waals surface area contributed by atoms with Crippen molar-refractivity contribution in [2.45, 2.75) is 6.92 Å². The molecule has 0 aromatic heterocycles. The fourth-order valence-corrected chi connectivity index (χ4v) is 2.29. The largest absolute Gasteiger partial charge is 0.326 e. The molecule has 2 amide bonds. The third-order valence-corrected chi connectivity index (χ3v) is 3.43. The molecule has 0 bridgehead atoms. The van der Waals surface area contributed by atoms with E-state index in [0.29, 0.717) is 17.9 Å². The first-order valence-corrected chi connectivity index (χ1v) is 7.11. The molecule has 1 saturated heterocycles. The molecule has 21 heavy (non-hydrogen) atoms. The molecule has 1 aromatic rings. The number of benzene rings is 1.